The van der Waals surface area contributed by atoms with Crippen molar-refractivity contribution >= 4 is 11.6 Å². The van der Waals surface area contributed by atoms with Crippen molar-refractivity contribution in [1.29, 1.82) is 0 Å². The lowest BCUT2D eigenvalue weighted by atomic mass is 10.2. The minimum Gasteiger partial charge on any atom is -0.494 e. The highest BCUT2D eigenvalue weighted by Gasteiger charge is 2.16. The third kappa shape index (κ3) is 5.56. The van der Waals surface area contributed by atoms with Gasteiger partial charge in [-0.2, -0.15) is 5.10 Å². The van der Waals surface area contributed by atoms with Crippen LogP contribution in [0.5, 0.6) is 5.75 Å². The van der Waals surface area contributed by atoms with E-state index in [0.717, 1.165) is 19.4 Å². The fourth-order valence-electron chi connectivity index (χ4n) is 2.70. The number of halogens is 1. The van der Waals surface area contributed by atoms with Crippen LogP contribution in [0.4, 0.5) is 10.1 Å². The summed E-state index contributed by atoms with van der Waals surface area (Å²) in [6, 6.07) is 5.82. The summed E-state index contributed by atoms with van der Waals surface area (Å²) < 4.78 is 25.6. The molecule has 1 saturated heterocycles. The van der Waals surface area contributed by atoms with Crippen LogP contribution in [0.2, 0.25) is 0 Å². The minimum atomic E-state index is -0.299. The topological polar surface area (TPSA) is 65.4 Å². The molecule has 3 rings (SSSR count). The molecule has 7 heteroatoms. The van der Waals surface area contributed by atoms with Crippen molar-refractivity contribution in [2.75, 3.05) is 18.5 Å². The second-order valence-corrected chi connectivity index (χ2v) is 6.04. The maximum atomic E-state index is 12.8. The van der Waals surface area contributed by atoms with Crippen molar-refractivity contribution in [1.82, 2.24) is 9.78 Å². The molecule has 1 fully saturated rings. The fraction of sp³-hybridized carbons (Fsp3) is 0.444. The van der Waals surface area contributed by atoms with E-state index >= 15 is 0 Å². The molecule has 2 aromatic rings. The Balaban J connectivity index is 1.34. The molecule has 1 aliphatic heterocycles. The number of aromatic nitrogens is 2. The molecule has 1 amide bonds. The molecule has 0 aliphatic carbocycles. The Labute approximate surface area is 145 Å². The lowest BCUT2D eigenvalue weighted by Gasteiger charge is -2.08. The zero-order valence-corrected chi connectivity index (χ0v) is 14.0. The number of nitrogens with one attached hydrogen (secondary N) is 1. The van der Waals surface area contributed by atoms with Crippen LogP contribution in [0.25, 0.3) is 0 Å². The number of amides is 1. The average molecular weight is 347 g/mol. The van der Waals surface area contributed by atoms with Crippen LogP contribution in [0.15, 0.2) is 36.7 Å². The maximum Gasteiger partial charge on any atom is 0.224 e. The van der Waals surface area contributed by atoms with Gasteiger partial charge in [0.2, 0.25) is 5.91 Å². The van der Waals surface area contributed by atoms with Crippen molar-refractivity contribution in [3.63, 3.8) is 0 Å². The molecular formula is C18H22FN3O3. The zero-order chi connectivity index (χ0) is 17.5. The number of hydrogen-bond donors (Lipinski definition) is 1. The lowest BCUT2D eigenvalue weighted by molar-refractivity contribution is -0.116. The highest BCUT2D eigenvalue weighted by Crippen LogP contribution is 2.15. The molecule has 6 nitrogen and oxygen atoms in total. The van der Waals surface area contributed by atoms with Crippen LogP contribution in [0.1, 0.15) is 25.7 Å². The SMILES string of the molecule is O=C(CCCOc1ccc(F)cc1)Nc1cnn(CC2CCCO2)c1. The summed E-state index contributed by atoms with van der Waals surface area (Å²) in [6.07, 6.45) is 6.74. The summed E-state index contributed by atoms with van der Waals surface area (Å²) in [6.45, 7) is 1.92. The van der Waals surface area contributed by atoms with E-state index in [9.17, 15) is 9.18 Å². The van der Waals surface area contributed by atoms with Crippen molar-refractivity contribution < 1.29 is 18.7 Å². The third-order valence-corrected chi connectivity index (χ3v) is 3.96. The molecule has 1 N–H and O–H groups in total. The van der Waals surface area contributed by atoms with Gasteiger partial charge in [0.15, 0.2) is 0 Å². The van der Waals surface area contributed by atoms with Crippen molar-refractivity contribution in [2.24, 2.45) is 0 Å². The number of carbonyl (C=O) groups is 1. The van der Waals surface area contributed by atoms with Crippen molar-refractivity contribution in [3.8, 4) is 5.75 Å². The molecule has 0 saturated carbocycles. The molecule has 134 valence electrons. The predicted octanol–water partition coefficient (Wildman–Crippen LogP) is 3.00. The van der Waals surface area contributed by atoms with Gasteiger partial charge in [0.1, 0.15) is 11.6 Å². The van der Waals surface area contributed by atoms with Gasteiger partial charge in [-0.15, -0.1) is 0 Å². The molecule has 0 bridgehead atoms. The van der Waals surface area contributed by atoms with Crippen LogP contribution < -0.4 is 10.1 Å². The first-order valence-electron chi connectivity index (χ1n) is 8.51. The van der Waals surface area contributed by atoms with Crippen LogP contribution >= 0.6 is 0 Å². The number of benzene rings is 1. The summed E-state index contributed by atoms with van der Waals surface area (Å²) in [5.41, 5.74) is 0.683. The van der Waals surface area contributed by atoms with E-state index in [1.165, 1.54) is 12.1 Å². The Morgan fingerprint density at radius 3 is 3.00 bits per heavy atom. The zero-order valence-electron chi connectivity index (χ0n) is 14.0. The van der Waals surface area contributed by atoms with Gasteiger partial charge in [0.05, 0.1) is 31.1 Å². The quantitative estimate of drug-likeness (QED) is 0.746. The van der Waals surface area contributed by atoms with Gasteiger partial charge in [0.25, 0.3) is 0 Å². The summed E-state index contributed by atoms with van der Waals surface area (Å²) >= 11 is 0. The van der Waals surface area contributed by atoms with Gasteiger partial charge >= 0.3 is 0 Å². The molecule has 1 atom stereocenters. The van der Waals surface area contributed by atoms with Gasteiger partial charge < -0.3 is 14.8 Å². The Hall–Kier alpha value is -2.41. The number of ether oxygens (including phenoxy) is 2. The molecule has 0 radical (unpaired) electrons. The predicted molar refractivity (Wildman–Crippen MR) is 91.0 cm³/mol. The second kappa shape index (κ2) is 8.62. The second-order valence-electron chi connectivity index (χ2n) is 6.04. The molecular weight excluding hydrogens is 325 g/mol. The number of anilines is 1. The molecule has 1 aliphatic rings. The summed E-state index contributed by atoms with van der Waals surface area (Å²) in [5.74, 6) is 0.211. The van der Waals surface area contributed by atoms with E-state index in [-0.39, 0.29) is 17.8 Å². The Morgan fingerprint density at radius 1 is 1.40 bits per heavy atom. The highest BCUT2D eigenvalue weighted by molar-refractivity contribution is 5.90. The summed E-state index contributed by atoms with van der Waals surface area (Å²) in [5, 5.41) is 7.07. The van der Waals surface area contributed by atoms with E-state index in [2.05, 4.69) is 10.4 Å². The molecule has 1 aromatic carbocycles. The lowest BCUT2D eigenvalue weighted by Crippen LogP contribution is -2.15. The summed E-state index contributed by atoms with van der Waals surface area (Å²) in [7, 11) is 0. The fourth-order valence-corrected chi connectivity index (χ4v) is 2.70. The first-order chi connectivity index (χ1) is 12.2. The van der Waals surface area contributed by atoms with Gasteiger partial charge in [-0.25, -0.2) is 4.39 Å². The van der Waals surface area contributed by atoms with E-state index in [4.69, 9.17) is 9.47 Å². The average Bonchev–Trinajstić information content (AvgIpc) is 3.26. The van der Waals surface area contributed by atoms with E-state index in [0.29, 0.717) is 37.4 Å². The highest BCUT2D eigenvalue weighted by atomic mass is 19.1. The van der Waals surface area contributed by atoms with Crippen molar-refractivity contribution in [2.45, 2.75) is 38.3 Å². The van der Waals surface area contributed by atoms with Crippen LogP contribution in [-0.2, 0) is 16.1 Å². The first-order valence-corrected chi connectivity index (χ1v) is 8.51. The Kier molecular flexibility index (Phi) is 6.00. The van der Waals surface area contributed by atoms with Crippen LogP contribution in [-0.4, -0.2) is 35.0 Å². The number of nitrogens with zero attached hydrogens (tertiary/aromatic N) is 2. The Morgan fingerprint density at radius 2 is 2.24 bits per heavy atom. The number of carbonyl (C=O) groups excluding carboxylic acids is 1. The molecule has 1 unspecified atom stereocenters. The van der Waals surface area contributed by atoms with Gasteiger partial charge in [0, 0.05) is 19.2 Å². The maximum absolute atomic E-state index is 12.8. The van der Waals surface area contributed by atoms with Crippen molar-refractivity contribution in [3.05, 3.63) is 42.5 Å². The van der Waals surface area contributed by atoms with Gasteiger partial charge in [-0.3, -0.25) is 9.48 Å². The molecule has 2 heterocycles. The molecule has 25 heavy (non-hydrogen) atoms. The van der Waals surface area contributed by atoms with Gasteiger partial charge in [-0.05, 0) is 43.5 Å². The summed E-state index contributed by atoms with van der Waals surface area (Å²) in [4.78, 5) is 11.9. The smallest absolute Gasteiger partial charge is 0.224 e. The molecule has 0 spiro atoms. The van der Waals surface area contributed by atoms with Crippen LogP contribution in [0.3, 0.4) is 0 Å². The minimum absolute atomic E-state index is 0.0839. The van der Waals surface area contributed by atoms with E-state index < -0.39 is 0 Å². The first kappa shape index (κ1) is 17.4. The number of hydrogen-bond acceptors (Lipinski definition) is 4. The Bertz CT molecular complexity index is 681. The largest absolute Gasteiger partial charge is 0.494 e. The standard InChI is InChI=1S/C18H22FN3O3/c19-14-5-7-16(8-6-14)24-10-2-4-18(23)21-15-11-20-22(12-15)13-17-3-1-9-25-17/h5-8,11-12,17H,1-4,9-10,13H2,(H,21,23). The normalized spacial score (nSPS) is 16.8. The van der Waals surface area contributed by atoms with E-state index in [1.54, 1.807) is 23.0 Å². The third-order valence-electron chi connectivity index (χ3n) is 3.96. The van der Waals surface area contributed by atoms with Crippen LogP contribution in [0, 0.1) is 5.82 Å². The molecule has 1 aromatic heterocycles. The van der Waals surface area contributed by atoms with Gasteiger partial charge in [-0.1, -0.05) is 0 Å². The van der Waals surface area contributed by atoms with E-state index in [1.807, 2.05) is 6.20 Å². The number of rotatable bonds is 8. The monoisotopic (exact) mass is 347 g/mol.